The van der Waals surface area contributed by atoms with Crippen LogP contribution in [0.1, 0.15) is 19.4 Å². The van der Waals surface area contributed by atoms with Gasteiger partial charge in [-0.1, -0.05) is 26.0 Å². The van der Waals surface area contributed by atoms with Crippen molar-refractivity contribution in [2.75, 3.05) is 26.2 Å². The fraction of sp³-hybridized carbons (Fsp3) is 0.538. The van der Waals surface area contributed by atoms with E-state index in [9.17, 15) is 5.11 Å². The van der Waals surface area contributed by atoms with Gasteiger partial charge in [0.2, 0.25) is 0 Å². The molecular formula is C13H22N2O. The lowest BCUT2D eigenvalue weighted by Crippen LogP contribution is -2.31. The molecule has 90 valence electrons. The van der Waals surface area contributed by atoms with Gasteiger partial charge >= 0.3 is 0 Å². The lowest BCUT2D eigenvalue weighted by Gasteiger charge is -2.20. The number of hydrogen-bond acceptors (Lipinski definition) is 3. The molecule has 0 fully saturated rings. The van der Waals surface area contributed by atoms with Crippen LogP contribution in [0.3, 0.4) is 0 Å². The molecule has 0 saturated heterocycles. The molecule has 0 aliphatic rings. The predicted molar refractivity (Wildman–Crippen MR) is 67.6 cm³/mol. The van der Waals surface area contributed by atoms with Gasteiger partial charge in [0, 0.05) is 19.6 Å². The fourth-order valence-electron chi connectivity index (χ4n) is 1.62. The molecule has 3 nitrogen and oxygen atoms in total. The topological polar surface area (TPSA) is 35.5 Å². The summed E-state index contributed by atoms with van der Waals surface area (Å²) in [4.78, 5) is 2.38. The van der Waals surface area contributed by atoms with Crippen molar-refractivity contribution in [2.45, 2.75) is 20.4 Å². The summed E-state index contributed by atoms with van der Waals surface area (Å²) < 4.78 is 0. The second-order valence-electron chi connectivity index (χ2n) is 3.89. The molecule has 1 rings (SSSR count). The molecule has 2 N–H and O–H groups in total. The van der Waals surface area contributed by atoms with Crippen LogP contribution < -0.4 is 5.32 Å². The maximum atomic E-state index is 9.20. The van der Waals surface area contributed by atoms with Gasteiger partial charge in [-0.05, 0) is 30.8 Å². The SMILES string of the molecule is CCNCCN(CC)Cc1ccc(O)cc1. The number of benzene rings is 1. The number of nitrogens with zero attached hydrogens (tertiary/aromatic N) is 1. The maximum Gasteiger partial charge on any atom is 0.115 e. The van der Waals surface area contributed by atoms with Crippen LogP contribution in [0.4, 0.5) is 0 Å². The molecule has 0 aliphatic heterocycles. The number of aromatic hydroxyl groups is 1. The van der Waals surface area contributed by atoms with Gasteiger partial charge in [0.15, 0.2) is 0 Å². The summed E-state index contributed by atoms with van der Waals surface area (Å²) in [5, 5.41) is 12.5. The Kier molecular flexibility index (Phi) is 5.90. The first kappa shape index (κ1) is 13.0. The first-order chi connectivity index (χ1) is 7.76. The van der Waals surface area contributed by atoms with Gasteiger partial charge in [0.25, 0.3) is 0 Å². The number of hydrogen-bond donors (Lipinski definition) is 2. The second-order valence-corrected chi connectivity index (χ2v) is 3.89. The Labute approximate surface area is 98.1 Å². The Bertz CT molecular complexity index is 284. The molecule has 0 radical (unpaired) electrons. The van der Waals surface area contributed by atoms with E-state index in [2.05, 4.69) is 24.1 Å². The highest BCUT2D eigenvalue weighted by molar-refractivity contribution is 5.25. The molecule has 0 amide bonds. The molecule has 1 aromatic rings. The zero-order chi connectivity index (χ0) is 11.8. The minimum Gasteiger partial charge on any atom is -0.508 e. The summed E-state index contributed by atoms with van der Waals surface area (Å²) in [6.07, 6.45) is 0. The van der Waals surface area contributed by atoms with Gasteiger partial charge < -0.3 is 10.4 Å². The molecular weight excluding hydrogens is 200 g/mol. The van der Waals surface area contributed by atoms with Crippen LogP contribution in [0.15, 0.2) is 24.3 Å². The van der Waals surface area contributed by atoms with Crippen molar-refractivity contribution in [3.8, 4) is 5.75 Å². The van der Waals surface area contributed by atoms with Crippen LogP contribution in [-0.2, 0) is 6.54 Å². The Morgan fingerprint density at radius 3 is 2.44 bits per heavy atom. The predicted octanol–water partition coefficient (Wildman–Crippen LogP) is 1.82. The largest absolute Gasteiger partial charge is 0.508 e. The standard InChI is InChI=1S/C13H22N2O/c1-3-14-9-10-15(4-2)11-12-5-7-13(16)8-6-12/h5-8,14,16H,3-4,9-11H2,1-2H3. The van der Waals surface area contributed by atoms with Crippen LogP contribution in [0.2, 0.25) is 0 Å². The monoisotopic (exact) mass is 222 g/mol. The molecule has 0 unspecified atom stereocenters. The minimum atomic E-state index is 0.333. The van der Waals surface area contributed by atoms with E-state index >= 15 is 0 Å². The van der Waals surface area contributed by atoms with Gasteiger partial charge in [0.1, 0.15) is 5.75 Å². The fourth-order valence-corrected chi connectivity index (χ4v) is 1.62. The Balaban J connectivity index is 2.40. The number of likely N-dealkylation sites (N-methyl/N-ethyl adjacent to an activating group) is 2. The van der Waals surface area contributed by atoms with Crippen LogP contribution in [0.25, 0.3) is 0 Å². The highest BCUT2D eigenvalue weighted by Gasteiger charge is 2.02. The van der Waals surface area contributed by atoms with Crippen molar-refractivity contribution in [3.05, 3.63) is 29.8 Å². The van der Waals surface area contributed by atoms with E-state index in [0.717, 1.165) is 32.7 Å². The molecule has 0 aromatic heterocycles. The van der Waals surface area contributed by atoms with Crippen LogP contribution in [0, 0.1) is 0 Å². The van der Waals surface area contributed by atoms with E-state index in [1.807, 2.05) is 12.1 Å². The van der Waals surface area contributed by atoms with E-state index in [1.54, 1.807) is 12.1 Å². The quantitative estimate of drug-likeness (QED) is 0.691. The van der Waals surface area contributed by atoms with Gasteiger partial charge in [-0.25, -0.2) is 0 Å². The molecule has 0 aliphatic carbocycles. The van der Waals surface area contributed by atoms with Gasteiger partial charge in [-0.15, -0.1) is 0 Å². The third-order valence-electron chi connectivity index (χ3n) is 2.64. The first-order valence-corrected chi connectivity index (χ1v) is 5.97. The maximum absolute atomic E-state index is 9.20. The average Bonchev–Trinajstić information content (AvgIpc) is 2.31. The number of rotatable bonds is 7. The van der Waals surface area contributed by atoms with Gasteiger partial charge in [-0.3, -0.25) is 4.90 Å². The summed E-state index contributed by atoms with van der Waals surface area (Å²) in [7, 11) is 0. The van der Waals surface area contributed by atoms with E-state index in [1.165, 1.54) is 5.56 Å². The van der Waals surface area contributed by atoms with Crippen molar-refractivity contribution >= 4 is 0 Å². The number of phenolic OH excluding ortho intramolecular Hbond substituents is 1. The van der Waals surface area contributed by atoms with Crippen molar-refractivity contribution in [1.82, 2.24) is 10.2 Å². The zero-order valence-corrected chi connectivity index (χ0v) is 10.2. The average molecular weight is 222 g/mol. The van der Waals surface area contributed by atoms with E-state index in [4.69, 9.17) is 0 Å². The summed E-state index contributed by atoms with van der Waals surface area (Å²) >= 11 is 0. The summed E-state index contributed by atoms with van der Waals surface area (Å²) in [5.74, 6) is 0.333. The molecule has 3 heteroatoms. The molecule has 0 bridgehead atoms. The molecule has 0 atom stereocenters. The van der Waals surface area contributed by atoms with Gasteiger partial charge in [-0.2, -0.15) is 0 Å². The summed E-state index contributed by atoms with van der Waals surface area (Å²) in [5.41, 5.74) is 1.25. The Morgan fingerprint density at radius 1 is 1.19 bits per heavy atom. The number of nitrogens with one attached hydrogen (secondary N) is 1. The van der Waals surface area contributed by atoms with Crippen LogP contribution >= 0.6 is 0 Å². The number of phenols is 1. The Hall–Kier alpha value is -1.06. The molecule has 1 aromatic carbocycles. The smallest absolute Gasteiger partial charge is 0.115 e. The minimum absolute atomic E-state index is 0.333. The van der Waals surface area contributed by atoms with E-state index < -0.39 is 0 Å². The second kappa shape index (κ2) is 7.25. The normalized spacial score (nSPS) is 10.9. The Morgan fingerprint density at radius 2 is 1.88 bits per heavy atom. The molecule has 0 heterocycles. The molecule has 0 saturated carbocycles. The third kappa shape index (κ3) is 4.64. The van der Waals surface area contributed by atoms with Crippen molar-refractivity contribution in [2.24, 2.45) is 0 Å². The first-order valence-electron chi connectivity index (χ1n) is 5.97. The highest BCUT2D eigenvalue weighted by Crippen LogP contribution is 2.11. The lowest BCUT2D eigenvalue weighted by molar-refractivity contribution is 0.280. The van der Waals surface area contributed by atoms with E-state index in [-0.39, 0.29) is 0 Å². The third-order valence-corrected chi connectivity index (χ3v) is 2.64. The molecule has 16 heavy (non-hydrogen) atoms. The summed E-state index contributed by atoms with van der Waals surface area (Å²) in [6.45, 7) is 9.40. The van der Waals surface area contributed by atoms with Gasteiger partial charge in [0.05, 0.1) is 0 Å². The molecule has 0 spiro atoms. The van der Waals surface area contributed by atoms with Crippen molar-refractivity contribution in [1.29, 1.82) is 0 Å². The highest BCUT2D eigenvalue weighted by atomic mass is 16.3. The zero-order valence-electron chi connectivity index (χ0n) is 10.2. The van der Waals surface area contributed by atoms with Crippen LogP contribution in [-0.4, -0.2) is 36.2 Å². The summed E-state index contributed by atoms with van der Waals surface area (Å²) in [6, 6.07) is 7.44. The van der Waals surface area contributed by atoms with Crippen LogP contribution in [0.5, 0.6) is 5.75 Å². The van der Waals surface area contributed by atoms with Crippen molar-refractivity contribution < 1.29 is 5.11 Å². The lowest BCUT2D eigenvalue weighted by atomic mass is 10.2. The van der Waals surface area contributed by atoms with Crippen molar-refractivity contribution in [3.63, 3.8) is 0 Å². The van der Waals surface area contributed by atoms with E-state index in [0.29, 0.717) is 5.75 Å².